The van der Waals surface area contributed by atoms with Gasteiger partial charge in [0.25, 0.3) is 5.91 Å². The number of fused-ring (bicyclic) bond motifs is 1. The number of para-hydroxylation sites is 1. The Kier molecular flexibility index (Phi) is 4.76. The highest BCUT2D eigenvalue weighted by Gasteiger charge is 2.19. The summed E-state index contributed by atoms with van der Waals surface area (Å²) in [5.74, 6) is -0.508. The number of hydrogen-bond donors (Lipinski definition) is 1. The Labute approximate surface area is 167 Å². The second-order valence-electron chi connectivity index (χ2n) is 7.07. The van der Waals surface area contributed by atoms with Crippen molar-refractivity contribution in [3.63, 3.8) is 0 Å². The van der Waals surface area contributed by atoms with Crippen molar-refractivity contribution in [2.45, 2.75) is 27.3 Å². The number of nitrogens with one attached hydrogen (secondary N) is 1. The lowest BCUT2D eigenvalue weighted by Gasteiger charge is -2.09. The maximum Gasteiger partial charge on any atom is 0.349 e. The predicted molar refractivity (Wildman–Crippen MR) is 112 cm³/mol. The van der Waals surface area contributed by atoms with Gasteiger partial charge in [-0.05, 0) is 44.0 Å². The summed E-state index contributed by atoms with van der Waals surface area (Å²) in [6.07, 6.45) is 0. The lowest BCUT2D eigenvalue weighted by molar-refractivity contribution is 0.102. The SMILES string of the molecule is Cc1ccccc1Cn1nc(C)c(NC(=O)c2cc3ccccc3oc2=O)c1C. The molecular weight excluding hydrogens is 366 g/mol. The molecule has 0 spiro atoms. The van der Waals surface area contributed by atoms with Gasteiger partial charge in [0.05, 0.1) is 23.6 Å². The second-order valence-corrected chi connectivity index (χ2v) is 7.07. The summed E-state index contributed by atoms with van der Waals surface area (Å²) < 4.78 is 7.13. The molecule has 0 atom stereocenters. The normalized spacial score (nSPS) is 11.0. The molecule has 4 aromatic rings. The van der Waals surface area contributed by atoms with Crippen LogP contribution in [0.15, 0.2) is 63.8 Å². The van der Waals surface area contributed by atoms with Crippen molar-refractivity contribution in [2.75, 3.05) is 5.32 Å². The van der Waals surface area contributed by atoms with Crippen LogP contribution in [0.2, 0.25) is 0 Å². The number of nitrogens with zero attached hydrogens (tertiary/aromatic N) is 2. The molecule has 146 valence electrons. The van der Waals surface area contributed by atoms with Gasteiger partial charge in [0.1, 0.15) is 11.1 Å². The Balaban J connectivity index is 1.64. The molecule has 6 nitrogen and oxygen atoms in total. The summed E-state index contributed by atoms with van der Waals surface area (Å²) >= 11 is 0. The van der Waals surface area contributed by atoms with Gasteiger partial charge < -0.3 is 9.73 Å². The molecule has 0 aliphatic rings. The number of hydrogen-bond acceptors (Lipinski definition) is 4. The zero-order valence-electron chi connectivity index (χ0n) is 16.5. The zero-order chi connectivity index (χ0) is 20.5. The first-order valence-electron chi connectivity index (χ1n) is 9.37. The van der Waals surface area contributed by atoms with Crippen LogP contribution in [0.5, 0.6) is 0 Å². The van der Waals surface area contributed by atoms with E-state index in [1.165, 1.54) is 5.56 Å². The Morgan fingerprint density at radius 2 is 1.79 bits per heavy atom. The van der Waals surface area contributed by atoms with E-state index in [1.54, 1.807) is 24.3 Å². The van der Waals surface area contributed by atoms with E-state index in [4.69, 9.17) is 4.42 Å². The molecule has 1 amide bonds. The maximum absolute atomic E-state index is 12.8. The number of aromatic nitrogens is 2. The van der Waals surface area contributed by atoms with Gasteiger partial charge in [-0.25, -0.2) is 4.79 Å². The maximum atomic E-state index is 12.8. The Bertz CT molecular complexity index is 1280. The first kappa shape index (κ1) is 18.7. The molecule has 6 heteroatoms. The molecule has 0 aliphatic carbocycles. The van der Waals surface area contributed by atoms with Crippen molar-refractivity contribution in [3.8, 4) is 0 Å². The van der Waals surface area contributed by atoms with Gasteiger partial charge in [0, 0.05) is 5.39 Å². The summed E-state index contributed by atoms with van der Waals surface area (Å²) in [5.41, 5.74) is 4.21. The summed E-state index contributed by atoms with van der Waals surface area (Å²) in [5, 5.41) is 8.10. The predicted octanol–water partition coefficient (Wildman–Crippen LogP) is 4.22. The number of aryl methyl sites for hydroxylation is 2. The van der Waals surface area contributed by atoms with Gasteiger partial charge >= 0.3 is 5.63 Å². The van der Waals surface area contributed by atoms with E-state index < -0.39 is 11.5 Å². The highest BCUT2D eigenvalue weighted by Crippen LogP contribution is 2.22. The van der Waals surface area contributed by atoms with Gasteiger partial charge in [-0.15, -0.1) is 0 Å². The Morgan fingerprint density at radius 3 is 2.59 bits per heavy atom. The third-order valence-electron chi connectivity index (χ3n) is 5.09. The molecule has 0 saturated heterocycles. The molecule has 0 fully saturated rings. The molecule has 2 aromatic heterocycles. The molecule has 1 N–H and O–H groups in total. The molecule has 4 rings (SSSR count). The van der Waals surface area contributed by atoms with E-state index in [0.29, 0.717) is 28.9 Å². The molecule has 0 saturated carbocycles. The van der Waals surface area contributed by atoms with E-state index in [9.17, 15) is 9.59 Å². The van der Waals surface area contributed by atoms with Gasteiger partial charge in [-0.2, -0.15) is 5.10 Å². The summed E-state index contributed by atoms with van der Waals surface area (Å²) in [4.78, 5) is 25.1. The van der Waals surface area contributed by atoms with E-state index in [0.717, 1.165) is 11.3 Å². The van der Waals surface area contributed by atoms with Crippen molar-refractivity contribution in [3.05, 3.63) is 93.1 Å². The van der Waals surface area contributed by atoms with Crippen LogP contribution in [0, 0.1) is 20.8 Å². The first-order chi connectivity index (χ1) is 13.9. The summed E-state index contributed by atoms with van der Waals surface area (Å²) in [6, 6.07) is 16.8. The van der Waals surface area contributed by atoms with Crippen LogP contribution in [0.3, 0.4) is 0 Å². The largest absolute Gasteiger partial charge is 0.422 e. The van der Waals surface area contributed by atoms with E-state index in [1.807, 2.05) is 36.7 Å². The molecule has 2 aromatic carbocycles. The van der Waals surface area contributed by atoms with E-state index in [-0.39, 0.29) is 5.56 Å². The van der Waals surface area contributed by atoms with E-state index >= 15 is 0 Å². The first-order valence-corrected chi connectivity index (χ1v) is 9.37. The molecule has 0 radical (unpaired) electrons. The highest BCUT2D eigenvalue weighted by atomic mass is 16.4. The van der Waals surface area contributed by atoms with E-state index in [2.05, 4.69) is 29.5 Å². The molecule has 0 bridgehead atoms. The molecule has 2 heterocycles. The number of carbonyl (C=O) groups is 1. The topological polar surface area (TPSA) is 77.1 Å². The smallest absolute Gasteiger partial charge is 0.349 e. The summed E-state index contributed by atoms with van der Waals surface area (Å²) in [7, 11) is 0. The highest BCUT2D eigenvalue weighted by molar-refractivity contribution is 6.06. The number of benzene rings is 2. The number of carbonyl (C=O) groups excluding carboxylic acids is 1. The van der Waals surface area contributed by atoms with Crippen molar-refractivity contribution < 1.29 is 9.21 Å². The van der Waals surface area contributed by atoms with Crippen LogP contribution < -0.4 is 10.9 Å². The fraction of sp³-hybridized carbons (Fsp3) is 0.174. The van der Waals surface area contributed by atoms with Crippen molar-refractivity contribution in [1.29, 1.82) is 0 Å². The summed E-state index contributed by atoms with van der Waals surface area (Å²) in [6.45, 7) is 6.40. The monoisotopic (exact) mass is 387 g/mol. The quantitative estimate of drug-likeness (QED) is 0.532. The molecule has 0 unspecified atom stereocenters. The van der Waals surface area contributed by atoms with Crippen molar-refractivity contribution in [1.82, 2.24) is 9.78 Å². The fourth-order valence-corrected chi connectivity index (χ4v) is 3.38. The fourth-order valence-electron chi connectivity index (χ4n) is 3.38. The lowest BCUT2D eigenvalue weighted by Crippen LogP contribution is -2.21. The van der Waals surface area contributed by atoms with Crippen molar-refractivity contribution in [2.24, 2.45) is 0 Å². The lowest BCUT2D eigenvalue weighted by atomic mass is 10.1. The minimum Gasteiger partial charge on any atom is -0.422 e. The van der Waals surface area contributed by atoms with Gasteiger partial charge in [0.15, 0.2) is 0 Å². The molecule has 29 heavy (non-hydrogen) atoms. The third kappa shape index (κ3) is 3.57. The van der Waals surface area contributed by atoms with Gasteiger partial charge in [0.2, 0.25) is 0 Å². The average Bonchev–Trinajstić information content (AvgIpc) is 2.96. The number of anilines is 1. The Morgan fingerprint density at radius 1 is 1.07 bits per heavy atom. The minimum absolute atomic E-state index is 0.0332. The third-order valence-corrected chi connectivity index (χ3v) is 5.09. The van der Waals surface area contributed by atoms with Crippen LogP contribution in [-0.4, -0.2) is 15.7 Å². The van der Waals surface area contributed by atoms with Crippen LogP contribution in [0.25, 0.3) is 11.0 Å². The zero-order valence-corrected chi connectivity index (χ0v) is 16.5. The molecule has 0 aliphatic heterocycles. The second kappa shape index (κ2) is 7.39. The average molecular weight is 387 g/mol. The van der Waals surface area contributed by atoms with Gasteiger partial charge in [-0.3, -0.25) is 9.48 Å². The molecular formula is C23H21N3O3. The number of amides is 1. The van der Waals surface area contributed by atoms with Crippen LogP contribution in [0.4, 0.5) is 5.69 Å². The van der Waals surface area contributed by atoms with Crippen LogP contribution in [-0.2, 0) is 6.54 Å². The standard InChI is InChI=1S/C23H21N3O3/c1-14-8-4-5-10-18(14)13-26-16(3)21(15(2)25-26)24-22(27)19-12-17-9-6-7-11-20(17)29-23(19)28/h4-12H,13H2,1-3H3,(H,24,27). The minimum atomic E-state index is -0.663. The van der Waals surface area contributed by atoms with Gasteiger partial charge in [-0.1, -0.05) is 42.5 Å². The van der Waals surface area contributed by atoms with Crippen molar-refractivity contribution >= 4 is 22.6 Å². The van der Waals surface area contributed by atoms with Crippen LogP contribution in [0.1, 0.15) is 32.9 Å². The number of rotatable bonds is 4. The van der Waals surface area contributed by atoms with Crippen LogP contribution >= 0.6 is 0 Å². The Hall–Kier alpha value is -3.67.